The molecule has 2 N–H and O–H groups in total. The second kappa shape index (κ2) is 8.53. The van der Waals surface area contributed by atoms with Crippen LogP contribution in [0.5, 0.6) is 0 Å². The molecule has 0 saturated heterocycles. The van der Waals surface area contributed by atoms with Crippen LogP contribution in [0.4, 0.5) is 26.3 Å². The van der Waals surface area contributed by atoms with E-state index in [2.05, 4.69) is 20.2 Å². The van der Waals surface area contributed by atoms with Crippen molar-refractivity contribution in [2.24, 2.45) is 5.73 Å². The molecule has 194 valence electrons. The molecule has 1 amide bonds. The molecule has 5 aromatic rings. The number of hydrogen-bond acceptors (Lipinski definition) is 6. The van der Waals surface area contributed by atoms with E-state index in [1.807, 2.05) is 0 Å². The average Bonchev–Trinajstić information content (AvgIpc) is 3.52. The molecule has 0 aliphatic rings. The molecule has 0 bridgehead atoms. The van der Waals surface area contributed by atoms with Gasteiger partial charge in [0.2, 0.25) is 0 Å². The van der Waals surface area contributed by atoms with E-state index >= 15 is 0 Å². The van der Waals surface area contributed by atoms with Crippen molar-refractivity contribution in [2.45, 2.75) is 12.4 Å². The standard InChI is InChI=1S/C22H12F6N8O2/c23-21(24,25)12-9-11(10-31-19(12)35-8-2-5-32-35)16-15(18(29)38)17(22(26,27)28)36(33-16)13-3-1-7-34-14(37)4-6-30-20(13)34/h1-10H,(H2,29,38). The summed E-state index contributed by atoms with van der Waals surface area (Å²) < 4.78 is 86.8. The number of alkyl halides is 6. The highest BCUT2D eigenvalue weighted by atomic mass is 19.4. The zero-order valence-electron chi connectivity index (χ0n) is 18.6. The fourth-order valence-corrected chi connectivity index (χ4v) is 3.87. The van der Waals surface area contributed by atoms with Crippen molar-refractivity contribution >= 4 is 11.6 Å². The summed E-state index contributed by atoms with van der Waals surface area (Å²) in [5.74, 6) is -2.26. The van der Waals surface area contributed by atoms with Gasteiger partial charge in [0.15, 0.2) is 17.2 Å². The molecule has 0 atom stereocenters. The zero-order valence-corrected chi connectivity index (χ0v) is 18.6. The molecule has 0 aromatic carbocycles. The number of nitrogens with two attached hydrogens (primary N) is 1. The topological polar surface area (TPSA) is 126 Å². The van der Waals surface area contributed by atoms with Gasteiger partial charge in [0, 0.05) is 42.6 Å². The lowest BCUT2D eigenvalue weighted by atomic mass is 10.0. The summed E-state index contributed by atoms with van der Waals surface area (Å²) in [4.78, 5) is 32.2. The number of primary amides is 1. The maximum atomic E-state index is 14.3. The van der Waals surface area contributed by atoms with Crippen molar-refractivity contribution in [1.29, 1.82) is 0 Å². The summed E-state index contributed by atoms with van der Waals surface area (Å²) in [7, 11) is 0. The van der Waals surface area contributed by atoms with Crippen LogP contribution in [-0.2, 0) is 12.4 Å². The first-order valence-electron chi connectivity index (χ1n) is 10.4. The van der Waals surface area contributed by atoms with Gasteiger partial charge in [0.1, 0.15) is 16.9 Å². The summed E-state index contributed by atoms with van der Waals surface area (Å²) in [6.07, 6.45) is -4.74. The second-order valence-corrected chi connectivity index (χ2v) is 7.76. The second-order valence-electron chi connectivity index (χ2n) is 7.76. The van der Waals surface area contributed by atoms with Crippen LogP contribution in [0.25, 0.3) is 28.4 Å². The normalized spacial score (nSPS) is 12.3. The number of carbonyl (C=O) groups excluding carboxylic acids is 1. The van der Waals surface area contributed by atoms with E-state index in [0.29, 0.717) is 6.07 Å². The van der Waals surface area contributed by atoms with Crippen LogP contribution in [-0.4, -0.2) is 39.8 Å². The van der Waals surface area contributed by atoms with Crippen molar-refractivity contribution in [2.75, 3.05) is 0 Å². The molecule has 0 spiro atoms. The minimum atomic E-state index is -5.26. The molecule has 5 rings (SSSR count). The summed E-state index contributed by atoms with van der Waals surface area (Å²) in [5.41, 5.74) is -1.59. The van der Waals surface area contributed by atoms with Crippen LogP contribution in [0, 0.1) is 0 Å². The molecule has 10 nitrogen and oxygen atoms in total. The summed E-state index contributed by atoms with van der Waals surface area (Å²) in [6.45, 7) is 0. The van der Waals surface area contributed by atoms with Crippen LogP contribution in [0.15, 0.2) is 66.1 Å². The molecule has 5 aromatic heterocycles. The van der Waals surface area contributed by atoms with Crippen molar-refractivity contribution in [1.82, 2.24) is 33.9 Å². The molecule has 16 heteroatoms. The smallest absolute Gasteiger partial charge is 0.365 e. The number of carbonyl (C=O) groups is 1. The van der Waals surface area contributed by atoms with E-state index in [0.717, 1.165) is 33.6 Å². The van der Waals surface area contributed by atoms with E-state index in [-0.39, 0.29) is 16.0 Å². The van der Waals surface area contributed by atoms with Gasteiger partial charge in [-0.25, -0.2) is 19.3 Å². The summed E-state index contributed by atoms with van der Waals surface area (Å²) in [6, 6.07) is 5.28. The monoisotopic (exact) mass is 534 g/mol. The highest BCUT2D eigenvalue weighted by Crippen LogP contribution is 2.40. The van der Waals surface area contributed by atoms with Gasteiger partial charge in [-0.15, -0.1) is 0 Å². The molecular formula is C22H12F6N8O2. The maximum absolute atomic E-state index is 14.3. The minimum Gasteiger partial charge on any atom is -0.365 e. The fraction of sp³-hybridized carbons (Fsp3) is 0.0909. The highest BCUT2D eigenvalue weighted by Gasteiger charge is 2.43. The molecule has 0 saturated carbocycles. The van der Waals surface area contributed by atoms with Crippen LogP contribution < -0.4 is 11.3 Å². The lowest BCUT2D eigenvalue weighted by Crippen LogP contribution is -2.22. The quantitative estimate of drug-likeness (QED) is 0.353. The molecule has 0 unspecified atom stereocenters. The van der Waals surface area contributed by atoms with E-state index in [9.17, 15) is 35.9 Å². The van der Waals surface area contributed by atoms with Crippen LogP contribution in [0.3, 0.4) is 0 Å². The van der Waals surface area contributed by atoms with Gasteiger partial charge >= 0.3 is 12.4 Å². The van der Waals surface area contributed by atoms with Crippen LogP contribution >= 0.6 is 0 Å². The van der Waals surface area contributed by atoms with Gasteiger partial charge in [-0.05, 0) is 24.3 Å². The predicted octanol–water partition coefficient (Wildman–Crippen LogP) is 3.26. The SMILES string of the molecule is NC(=O)c1c(-c2cnc(-n3cccn3)c(C(F)(F)F)c2)nn(-c2cccn3c(=O)ccnc23)c1C(F)(F)F. The van der Waals surface area contributed by atoms with E-state index in [4.69, 9.17) is 5.73 Å². The van der Waals surface area contributed by atoms with Gasteiger partial charge in [0.05, 0.1) is 5.56 Å². The van der Waals surface area contributed by atoms with Gasteiger partial charge in [-0.2, -0.15) is 36.5 Å². The Balaban J connectivity index is 1.85. The minimum absolute atomic E-state index is 0.265. The molecule has 0 fully saturated rings. The average molecular weight is 534 g/mol. The summed E-state index contributed by atoms with van der Waals surface area (Å²) >= 11 is 0. The largest absolute Gasteiger partial charge is 0.434 e. The lowest BCUT2D eigenvalue weighted by molar-refractivity contribution is -0.143. The van der Waals surface area contributed by atoms with Crippen molar-refractivity contribution in [3.05, 3.63) is 88.5 Å². The number of nitrogens with zero attached hydrogens (tertiary/aromatic N) is 7. The number of halogens is 6. The van der Waals surface area contributed by atoms with Gasteiger partial charge in [0.25, 0.3) is 11.5 Å². The number of fused-ring (bicyclic) bond motifs is 1. The molecule has 0 radical (unpaired) electrons. The van der Waals surface area contributed by atoms with Crippen molar-refractivity contribution in [3.8, 4) is 22.8 Å². The first-order valence-corrected chi connectivity index (χ1v) is 10.4. The Morgan fingerprint density at radius 2 is 1.71 bits per heavy atom. The van der Waals surface area contributed by atoms with Crippen LogP contribution in [0.1, 0.15) is 21.6 Å². The van der Waals surface area contributed by atoms with Gasteiger partial charge in [-0.1, -0.05) is 0 Å². The number of aromatic nitrogens is 7. The van der Waals surface area contributed by atoms with Crippen LogP contribution in [0.2, 0.25) is 0 Å². The molecule has 5 heterocycles. The Morgan fingerprint density at radius 1 is 0.947 bits per heavy atom. The molecule has 0 aliphatic carbocycles. The Hall–Kier alpha value is -5.02. The Morgan fingerprint density at radius 3 is 2.34 bits per heavy atom. The lowest BCUT2D eigenvalue weighted by Gasteiger charge is -2.13. The highest BCUT2D eigenvalue weighted by molar-refractivity contribution is 6.00. The third-order valence-corrected chi connectivity index (χ3v) is 5.39. The third kappa shape index (κ3) is 4.04. The molecular weight excluding hydrogens is 522 g/mol. The maximum Gasteiger partial charge on any atom is 0.434 e. The van der Waals surface area contributed by atoms with E-state index in [1.165, 1.54) is 30.7 Å². The number of pyridine rings is 2. The summed E-state index contributed by atoms with van der Waals surface area (Å²) in [5, 5.41) is 7.56. The Kier molecular flexibility index (Phi) is 5.54. The number of rotatable bonds is 4. The molecule has 0 aliphatic heterocycles. The van der Waals surface area contributed by atoms with Gasteiger partial charge < -0.3 is 5.73 Å². The number of hydrogen-bond donors (Lipinski definition) is 1. The fourth-order valence-electron chi connectivity index (χ4n) is 3.87. The molecule has 38 heavy (non-hydrogen) atoms. The van der Waals surface area contributed by atoms with E-state index in [1.54, 1.807) is 0 Å². The third-order valence-electron chi connectivity index (χ3n) is 5.39. The van der Waals surface area contributed by atoms with Gasteiger partial charge in [-0.3, -0.25) is 14.0 Å². The predicted molar refractivity (Wildman–Crippen MR) is 117 cm³/mol. The Bertz CT molecular complexity index is 1750. The van der Waals surface area contributed by atoms with Crippen molar-refractivity contribution in [3.63, 3.8) is 0 Å². The zero-order chi connectivity index (χ0) is 27.4. The van der Waals surface area contributed by atoms with E-state index < -0.39 is 57.7 Å². The first kappa shape index (κ1) is 24.7. The van der Waals surface area contributed by atoms with Crippen molar-refractivity contribution < 1.29 is 31.1 Å². The Labute approximate surface area is 206 Å². The first-order chi connectivity index (χ1) is 17.9. The number of amides is 1.